The third-order valence-corrected chi connectivity index (χ3v) is 1.16. The van der Waals surface area contributed by atoms with Gasteiger partial charge in [0.15, 0.2) is 0 Å². The van der Waals surface area contributed by atoms with Crippen LogP contribution in [0.15, 0.2) is 36.8 Å². The Morgan fingerprint density at radius 2 is 1.77 bits per heavy atom. The van der Waals surface area contributed by atoms with Gasteiger partial charge in [-0.15, -0.1) is 0 Å². The highest BCUT2D eigenvalue weighted by Crippen LogP contribution is 2.00. The number of hydrogen-bond acceptors (Lipinski definition) is 3. The van der Waals surface area contributed by atoms with Crippen LogP contribution in [0.5, 0.6) is 0 Å². The molecule has 0 aliphatic carbocycles. The SMILES string of the molecule is C=C(/C=C\C(=C)OCCO)OCC. The fourth-order valence-corrected chi connectivity index (χ4v) is 0.644. The maximum atomic E-state index is 8.44. The molecule has 3 nitrogen and oxygen atoms in total. The number of aliphatic hydroxyl groups excluding tert-OH is 1. The van der Waals surface area contributed by atoms with Gasteiger partial charge in [-0.05, 0) is 19.1 Å². The average molecular weight is 184 g/mol. The first-order valence-corrected chi connectivity index (χ1v) is 4.13. The van der Waals surface area contributed by atoms with Gasteiger partial charge in [-0.3, -0.25) is 0 Å². The summed E-state index contributed by atoms with van der Waals surface area (Å²) in [5.74, 6) is 1.05. The molecule has 0 rings (SSSR count). The molecule has 0 atom stereocenters. The minimum atomic E-state index is -0.0146. The van der Waals surface area contributed by atoms with E-state index in [1.54, 1.807) is 12.2 Å². The maximum Gasteiger partial charge on any atom is 0.112 e. The van der Waals surface area contributed by atoms with Crippen LogP contribution >= 0.6 is 0 Å². The summed E-state index contributed by atoms with van der Waals surface area (Å²) in [5.41, 5.74) is 0. The lowest BCUT2D eigenvalue weighted by molar-refractivity contribution is 0.153. The van der Waals surface area contributed by atoms with Gasteiger partial charge in [-0.2, -0.15) is 0 Å². The summed E-state index contributed by atoms with van der Waals surface area (Å²) in [7, 11) is 0. The Bertz CT molecular complexity index is 194. The lowest BCUT2D eigenvalue weighted by atomic mass is 10.4. The molecule has 1 N–H and O–H groups in total. The molecule has 0 amide bonds. The van der Waals surface area contributed by atoms with Gasteiger partial charge < -0.3 is 14.6 Å². The van der Waals surface area contributed by atoms with Crippen molar-refractivity contribution in [1.29, 1.82) is 0 Å². The second kappa shape index (κ2) is 7.43. The summed E-state index contributed by atoms with van der Waals surface area (Å²) in [6, 6.07) is 0. The first-order chi connectivity index (χ1) is 6.20. The van der Waals surface area contributed by atoms with Gasteiger partial charge in [0, 0.05) is 0 Å². The molecule has 0 aromatic rings. The zero-order valence-corrected chi connectivity index (χ0v) is 7.95. The number of aliphatic hydroxyl groups is 1. The van der Waals surface area contributed by atoms with E-state index in [1.165, 1.54) is 0 Å². The van der Waals surface area contributed by atoms with Crippen LogP contribution < -0.4 is 0 Å². The van der Waals surface area contributed by atoms with Crippen molar-refractivity contribution >= 4 is 0 Å². The Kier molecular flexibility index (Phi) is 6.73. The Balaban J connectivity index is 3.69. The summed E-state index contributed by atoms with van der Waals surface area (Å²) in [6.07, 6.45) is 3.32. The number of allylic oxidation sites excluding steroid dienone is 2. The van der Waals surface area contributed by atoms with E-state index in [2.05, 4.69) is 13.2 Å². The zero-order chi connectivity index (χ0) is 10.1. The molecular formula is C10H16O3. The molecule has 0 aromatic heterocycles. The van der Waals surface area contributed by atoms with Crippen LogP contribution in [0.1, 0.15) is 6.92 Å². The Labute approximate surface area is 79.0 Å². The Morgan fingerprint density at radius 1 is 1.23 bits per heavy atom. The van der Waals surface area contributed by atoms with Crippen molar-refractivity contribution in [2.45, 2.75) is 6.92 Å². The molecule has 0 fully saturated rings. The topological polar surface area (TPSA) is 38.7 Å². The minimum Gasteiger partial charge on any atom is -0.495 e. The second-order valence-electron chi connectivity index (χ2n) is 2.27. The molecule has 0 spiro atoms. The van der Waals surface area contributed by atoms with E-state index in [0.29, 0.717) is 18.1 Å². The van der Waals surface area contributed by atoms with Gasteiger partial charge in [0.2, 0.25) is 0 Å². The van der Waals surface area contributed by atoms with Crippen LogP contribution in [0.2, 0.25) is 0 Å². The van der Waals surface area contributed by atoms with E-state index < -0.39 is 0 Å². The monoisotopic (exact) mass is 184 g/mol. The molecular weight excluding hydrogens is 168 g/mol. The first-order valence-electron chi connectivity index (χ1n) is 4.13. The quantitative estimate of drug-likeness (QED) is 0.482. The predicted octanol–water partition coefficient (Wildman–Crippen LogP) is 1.62. The summed E-state index contributed by atoms with van der Waals surface area (Å²) < 4.78 is 10.1. The van der Waals surface area contributed by atoms with E-state index >= 15 is 0 Å². The molecule has 0 saturated carbocycles. The van der Waals surface area contributed by atoms with Crippen molar-refractivity contribution in [3.05, 3.63) is 36.8 Å². The molecule has 0 aliphatic rings. The van der Waals surface area contributed by atoms with E-state index in [-0.39, 0.29) is 13.2 Å². The molecule has 0 radical (unpaired) electrons. The largest absolute Gasteiger partial charge is 0.495 e. The number of ether oxygens (including phenoxy) is 2. The summed E-state index contributed by atoms with van der Waals surface area (Å²) in [6.45, 7) is 9.96. The van der Waals surface area contributed by atoms with Crippen LogP contribution in [-0.2, 0) is 9.47 Å². The van der Waals surface area contributed by atoms with Crippen molar-refractivity contribution in [1.82, 2.24) is 0 Å². The van der Waals surface area contributed by atoms with E-state index in [0.717, 1.165) is 0 Å². The van der Waals surface area contributed by atoms with Crippen molar-refractivity contribution in [2.24, 2.45) is 0 Å². The van der Waals surface area contributed by atoms with E-state index in [1.807, 2.05) is 6.92 Å². The van der Waals surface area contributed by atoms with Gasteiger partial charge in [0.25, 0.3) is 0 Å². The van der Waals surface area contributed by atoms with Crippen LogP contribution in [0.25, 0.3) is 0 Å². The van der Waals surface area contributed by atoms with Gasteiger partial charge in [0.05, 0.1) is 13.2 Å². The molecule has 0 aliphatic heterocycles. The smallest absolute Gasteiger partial charge is 0.112 e. The van der Waals surface area contributed by atoms with Crippen LogP contribution in [0, 0.1) is 0 Å². The molecule has 0 saturated heterocycles. The number of rotatable bonds is 7. The molecule has 0 bridgehead atoms. The third kappa shape index (κ3) is 7.15. The van der Waals surface area contributed by atoms with Gasteiger partial charge in [-0.1, -0.05) is 13.2 Å². The van der Waals surface area contributed by atoms with Crippen LogP contribution in [0.4, 0.5) is 0 Å². The van der Waals surface area contributed by atoms with Crippen molar-refractivity contribution in [3.8, 4) is 0 Å². The fraction of sp³-hybridized carbons (Fsp3) is 0.400. The lowest BCUT2D eigenvalue weighted by Crippen LogP contribution is -1.96. The molecule has 0 heterocycles. The minimum absolute atomic E-state index is 0.0146. The van der Waals surface area contributed by atoms with Gasteiger partial charge in [0.1, 0.15) is 18.1 Å². The van der Waals surface area contributed by atoms with Crippen LogP contribution in [-0.4, -0.2) is 24.9 Å². The van der Waals surface area contributed by atoms with Crippen LogP contribution in [0.3, 0.4) is 0 Å². The predicted molar refractivity (Wildman–Crippen MR) is 52.1 cm³/mol. The lowest BCUT2D eigenvalue weighted by Gasteiger charge is -2.03. The van der Waals surface area contributed by atoms with Gasteiger partial charge in [-0.25, -0.2) is 0 Å². The molecule has 3 heteroatoms. The van der Waals surface area contributed by atoms with Crippen molar-refractivity contribution in [3.63, 3.8) is 0 Å². The van der Waals surface area contributed by atoms with Gasteiger partial charge >= 0.3 is 0 Å². The average Bonchev–Trinajstić information content (AvgIpc) is 2.12. The third-order valence-electron chi connectivity index (χ3n) is 1.16. The zero-order valence-electron chi connectivity index (χ0n) is 7.95. The molecule has 0 aromatic carbocycles. The molecule has 0 unspecified atom stereocenters. The summed E-state index contributed by atoms with van der Waals surface area (Å²) >= 11 is 0. The first kappa shape index (κ1) is 11.8. The Morgan fingerprint density at radius 3 is 2.23 bits per heavy atom. The highest BCUT2D eigenvalue weighted by atomic mass is 16.5. The second-order valence-corrected chi connectivity index (χ2v) is 2.27. The van der Waals surface area contributed by atoms with Crippen molar-refractivity contribution < 1.29 is 14.6 Å². The highest BCUT2D eigenvalue weighted by molar-refractivity contribution is 5.16. The summed E-state index contributed by atoms with van der Waals surface area (Å²) in [4.78, 5) is 0. The fourth-order valence-electron chi connectivity index (χ4n) is 0.644. The van der Waals surface area contributed by atoms with Crippen molar-refractivity contribution in [2.75, 3.05) is 19.8 Å². The standard InChI is InChI=1S/C10H16O3/c1-4-12-9(2)5-6-10(3)13-8-7-11/h5-6,11H,2-4,7-8H2,1H3/b6-5-. The normalized spacial score (nSPS) is 10.0. The van der Waals surface area contributed by atoms with E-state index in [9.17, 15) is 0 Å². The Hall–Kier alpha value is -1.22. The number of hydrogen-bond donors (Lipinski definition) is 1. The molecule has 74 valence electrons. The summed E-state index contributed by atoms with van der Waals surface area (Å²) in [5, 5.41) is 8.44. The highest BCUT2D eigenvalue weighted by Gasteiger charge is 1.89. The maximum absolute atomic E-state index is 8.44. The van der Waals surface area contributed by atoms with E-state index in [4.69, 9.17) is 14.6 Å². The molecule has 13 heavy (non-hydrogen) atoms.